The largest absolute Gasteiger partial charge is 0.481 e. The summed E-state index contributed by atoms with van der Waals surface area (Å²) < 4.78 is 55.5. The minimum atomic E-state index is -4.55. The Bertz CT molecular complexity index is 1130. The van der Waals surface area contributed by atoms with Crippen LogP contribution in [-0.2, 0) is 29.0 Å². The molecule has 0 aromatic carbocycles. The molecule has 2 rings (SSSR count). The number of halogens is 1. The highest BCUT2D eigenvalue weighted by Gasteiger charge is 2.30. The second kappa shape index (κ2) is 19.8. The lowest BCUT2D eigenvalue weighted by molar-refractivity contribution is -0.137. The molecule has 4 N–H and O–H groups in total. The Morgan fingerprint density at radius 2 is 1.32 bits per heavy atom. The van der Waals surface area contributed by atoms with E-state index in [1.165, 1.54) is 21.6 Å². The predicted molar refractivity (Wildman–Crippen MR) is 147 cm³/mol. The monoisotopic (exact) mass is 654 g/mol. The van der Waals surface area contributed by atoms with Crippen molar-refractivity contribution in [3.8, 4) is 0 Å². The molecule has 2 heterocycles. The van der Waals surface area contributed by atoms with Gasteiger partial charge in [0.05, 0.1) is 0 Å². The van der Waals surface area contributed by atoms with Crippen LogP contribution in [0, 0.1) is 0 Å². The van der Waals surface area contributed by atoms with Gasteiger partial charge in [0.15, 0.2) is 5.25 Å². The molecule has 0 aliphatic rings. The number of aromatic nitrogens is 2. The molecule has 1 unspecified atom stereocenters. The Labute approximate surface area is 234 Å². The minimum Gasteiger partial charge on any atom is -0.481 e. The van der Waals surface area contributed by atoms with Crippen molar-refractivity contribution in [1.82, 2.24) is 9.97 Å². The van der Waals surface area contributed by atoms with E-state index < -0.39 is 36.6 Å². The van der Waals surface area contributed by atoms with Crippen LogP contribution in [0.15, 0.2) is 58.8 Å². The summed E-state index contributed by atoms with van der Waals surface area (Å²) in [6, 6.07) is 11.1. The third-order valence-electron chi connectivity index (χ3n) is 3.28. The van der Waals surface area contributed by atoms with E-state index in [0.29, 0.717) is 6.42 Å². The van der Waals surface area contributed by atoms with E-state index in [9.17, 15) is 18.0 Å². The highest BCUT2D eigenvalue weighted by molar-refractivity contribution is 8.77. The summed E-state index contributed by atoms with van der Waals surface area (Å²) in [5, 5.41) is 17.0. The van der Waals surface area contributed by atoms with Crippen molar-refractivity contribution in [2.24, 2.45) is 0 Å². The average molecular weight is 655 g/mol. The van der Waals surface area contributed by atoms with Crippen LogP contribution < -0.4 is 0 Å². The molecule has 19 heteroatoms. The Morgan fingerprint density at radius 3 is 1.68 bits per heavy atom. The van der Waals surface area contributed by atoms with Crippen molar-refractivity contribution < 1.29 is 45.7 Å². The first-order valence-electron chi connectivity index (χ1n) is 9.69. The lowest BCUT2D eigenvalue weighted by Gasteiger charge is -2.07. The van der Waals surface area contributed by atoms with Crippen LogP contribution in [0.4, 0.5) is 0 Å². The molecular weight excluding hydrogens is 632 g/mol. The zero-order chi connectivity index (χ0) is 28.3. The van der Waals surface area contributed by atoms with E-state index >= 15 is 0 Å². The fourth-order valence-corrected chi connectivity index (χ4v) is 6.59. The highest BCUT2D eigenvalue weighted by Crippen LogP contribution is 2.30. The Morgan fingerprint density at radius 1 is 0.865 bits per heavy atom. The zero-order valence-electron chi connectivity index (χ0n) is 18.7. The molecule has 208 valence electrons. The predicted octanol–water partition coefficient (Wildman–Crippen LogP) is 4.27. The molecule has 0 fully saturated rings. The lowest BCUT2D eigenvalue weighted by atomic mass is 10.3. The summed E-state index contributed by atoms with van der Waals surface area (Å²) in [7, 11) is 1.14. The van der Waals surface area contributed by atoms with Gasteiger partial charge in [-0.05, 0) is 58.7 Å². The molecule has 12 nitrogen and oxygen atoms in total. The van der Waals surface area contributed by atoms with E-state index in [1.807, 2.05) is 24.3 Å². The Balaban J connectivity index is 0.000000605. The standard InChI is InChI=1S/C9H11NO5S3.C9H11NO2S2.ClHO3S/c11-9(12)7(18(13,14)15)4-6-16-17-8-3-1-2-5-10-8;11-9(12)5-3-7-13-14-8-4-1-2-6-10-8;1-5(2,3)4/h1-3,5,7H,4,6H2,(H,11,12)(H,13,14,15);1-2,4,6H,3,5,7H2,(H,11,12);(H,2,3,4). The number of nitrogens with zero attached hydrogens (tertiary/aromatic N) is 2. The summed E-state index contributed by atoms with van der Waals surface area (Å²) in [5.74, 6) is -1.15. The number of carboxylic acids is 2. The molecule has 37 heavy (non-hydrogen) atoms. The molecule has 0 saturated carbocycles. The van der Waals surface area contributed by atoms with Gasteiger partial charge in [0.1, 0.15) is 10.1 Å². The first-order chi connectivity index (χ1) is 17.2. The summed E-state index contributed by atoms with van der Waals surface area (Å²) >= 11 is 0. The van der Waals surface area contributed by atoms with E-state index in [4.69, 9.17) is 27.7 Å². The molecule has 0 amide bonds. The maximum Gasteiger partial charge on any atom is 0.353 e. The van der Waals surface area contributed by atoms with Crippen LogP contribution in [0.5, 0.6) is 0 Å². The normalized spacial score (nSPS) is 11.8. The van der Waals surface area contributed by atoms with Gasteiger partial charge in [-0.2, -0.15) is 16.8 Å². The summed E-state index contributed by atoms with van der Waals surface area (Å²) in [6.07, 6.45) is 4.18. The number of hydrogen-bond acceptors (Lipinski definition) is 12. The quantitative estimate of drug-likeness (QED) is 0.103. The number of aliphatic carboxylic acids is 2. The van der Waals surface area contributed by atoms with Crippen LogP contribution in [0.3, 0.4) is 0 Å². The highest BCUT2D eigenvalue weighted by atomic mass is 35.7. The van der Waals surface area contributed by atoms with Gasteiger partial charge in [0, 0.05) is 41.0 Å². The first-order valence-corrected chi connectivity index (χ1v) is 18.1. The average Bonchev–Trinajstić information content (AvgIpc) is 2.78. The van der Waals surface area contributed by atoms with E-state index in [-0.39, 0.29) is 18.6 Å². The third kappa shape index (κ3) is 23.6. The molecule has 0 spiro atoms. The van der Waals surface area contributed by atoms with Gasteiger partial charge in [0.25, 0.3) is 10.1 Å². The smallest absolute Gasteiger partial charge is 0.353 e. The van der Waals surface area contributed by atoms with Gasteiger partial charge in [0.2, 0.25) is 0 Å². The van der Waals surface area contributed by atoms with Crippen molar-refractivity contribution >= 4 is 85.2 Å². The van der Waals surface area contributed by atoms with E-state index in [2.05, 4.69) is 20.7 Å². The van der Waals surface area contributed by atoms with Crippen LogP contribution >= 0.6 is 53.9 Å². The maximum atomic E-state index is 10.8. The molecule has 0 saturated heterocycles. The molecule has 0 aliphatic heterocycles. The van der Waals surface area contributed by atoms with Crippen molar-refractivity contribution in [3.05, 3.63) is 48.8 Å². The first kappa shape index (κ1) is 35.8. The van der Waals surface area contributed by atoms with Gasteiger partial charge in [-0.25, -0.2) is 9.97 Å². The SMILES string of the molecule is O=C(O)C(CCSSc1ccccn1)S(=O)(=O)O.O=C(O)CCCSSc1ccccn1.O=S(=O)(O)Cl. The van der Waals surface area contributed by atoms with Gasteiger partial charge in [-0.15, -0.1) is 0 Å². The third-order valence-corrected chi connectivity index (χ3v) is 9.09. The van der Waals surface area contributed by atoms with Crippen LogP contribution in [0.25, 0.3) is 0 Å². The number of hydrogen-bond donors (Lipinski definition) is 4. The topological polar surface area (TPSA) is 209 Å². The minimum absolute atomic E-state index is 0.154. The summed E-state index contributed by atoms with van der Waals surface area (Å²) in [4.78, 5) is 29.0. The fraction of sp³-hybridized carbons (Fsp3) is 0.333. The van der Waals surface area contributed by atoms with Crippen LogP contribution in [0.1, 0.15) is 19.3 Å². The second-order valence-corrected chi connectivity index (χ2v) is 14.7. The van der Waals surface area contributed by atoms with E-state index in [1.54, 1.807) is 46.1 Å². The molecule has 0 radical (unpaired) electrons. The van der Waals surface area contributed by atoms with Crippen molar-refractivity contribution in [2.75, 3.05) is 11.5 Å². The summed E-state index contributed by atoms with van der Waals surface area (Å²) in [6.45, 7) is 0. The van der Waals surface area contributed by atoms with Crippen molar-refractivity contribution in [3.63, 3.8) is 0 Å². The number of carbonyl (C=O) groups is 2. The van der Waals surface area contributed by atoms with Crippen LogP contribution in [-0.4, -0.2) is 74.8 Å². The lowest BCUT2D eigenvalue weighted by Crippen LogP contribution is -2.30. The van der Waals surface area contributed by atoms with Gasteiger partial charge in [-0.3, -0.25) is 18.7 Å². The zero-order valence-corrected chi connectivity index (χ0v) is 24.3. The van der Waals surface area contributed by atoms with Crippen LogP contribution in [0.2, 0.25) is 0 Å². The molecule has 1 atom stereocenters. The van der Waals surface area contributed by atoms with E-state index in [0.717, 1.165) is 15.8 Å². The number of carboxylic acid groups (broad SMARTS) is 2. The Kier molecular flexibility index (Phi) is 19.1. The van der Waals surface area contributed by atoms with Gasteiger partial charge >= 0.3 is 21.3 Å². The summed E-state index contributed by atoms with van der Waals surface area (Å²) in [5.41, 5.74) is 0. The molecule has 0 bridgehead atoms. The second-order valence-electron chi connectivity index (χ2n) is 6.19. The molecule has 2 aromatic heterocycles. The van der Waals surface area contributed by atoms with Crippen molar-refractivity contribution in [2.45, 2.75) is 34.6 Å². The number of pyridine rings is 2. The van der Waals surface area contributed by atoms with Gasteiger partial charge in [-0.1, -0.05) is 33.7 Å². The maximum absolute atomic E-state index is 10.8. The molecule has 2 aromatic rings. The Hall–Kier alpha value is -1.25. The molecular formula is C18H23ClN2O10S6. The molecule has 0 aliphatic carbocycles. The van der Waals surface area contributed by atoms with Crippen molar-refractivity contribution in [1.29, 1.82) is 0 Å². The van der Waals surface area contributed by atoms with Gasteiger partial charge < -0.3 is 10.2 Å². The fourth-order valence-electron chi connectivity index (χ4n) is 1.83. The number of rotatable bonds is 13.